The van der Waals surface area contributed by atoms with Gasteiger partial charge in [-0.2, -0.15) is 9.97 Å². The number of benzene rings is 4. The van der Waals surface area contributed by atoms with Gasteiger partial charge in [0, 0.05) is 47.7 Å². The maximum Gasteiger partial charge on any atom is 0.251 e. The molecule has 0 aliphatic heterocycles. The third-order valence-electron chi connectivity index (χ3n) is 7.30. The van der Waals surface area contributed by atoms with Crippen molar-refractivity contribution in [3.63, 3.8) is 0 Å². The monoisotopic (exact) mass is 645 g/mol. The molecule has 11 nitrogen and oxygen atoms in total. The van der Waals surface area contributed by atoms with Crippen molar-refractivity contribution in [2.45, 2.75) is 19.9 Å². The number of phenolic OH excluding ortho intramolecular Hbond substituents is 1. The Hall–Kier alpha value is -5.94. The Morgan fingerprint density at radius 2 is 1.25 bits per heavy atom. The van der Waals surface area contributed by atoms with Crippen molar-refractivity contribution in [2.24, 2.45) is 0 Å². The molecule has 11 heteroatoms. The summed E-state index contributed by atoms with van der Waals surface area (Å²) in [5.41, 5.74) is 4.50. The molecule has 0 radical (unpaired) electrons. The smallest absolute Gasteiger partial charge is 0.251 e. The van der Waals surface area contributed by atoms with E-state index < -0.39 is 0 Å². The Labute approximate surface area is 279 Å². The molecule has 0 fully saturated rings. The van der Waals surface area contributed by atoms with E-state index in [1.807, 2.05) is 55.5 Å². The zero-order valence-electron chi connectivity index (χ0n) is 26.7. The summed E-state index contributed by atoms with van der Waals surface area (Å²) in [6, 6.07) is 32.6. The molecule has 2 amide bonds. The first-order valence-corrected chi connectivity index (χ1v) is 15.8. The van der Waals surface area contributed by atoms with Crippen LogP contribution < -0.4 is 26.6 Å². The molecule has 1 heterocycles. The summed E-state index contributed by atoms with van der Waals surface area (Å²) in [6.45, 7) is 4.09. The molecule has 0 aliphatic carbocycles. The second-order valence-electron chi connectivity index (χ2n) is 10.8. The number of hydrogen-bond donors (Lipinski definition) is 6. The lowest BCUT2D eigenvalue weighted by atomic mass is 10.1. The minimum atomic E-state index is -0.165. The van der Waals surface area contributed by atoms with Gasteiger partial charge in [-0.3, -0.25) is 9.59 Å². The van der Waals surface area contributed by atoms with Crippen LogP contribution in [0.25, 0.3) is 0 Å². The van der Waals surface area contributed by atoms with E-state index in [-0.39, 0.29) is 17.6 Å². The fraction of sp³-hybridized carbons (Fsp3) is 0.189. The summed E-state index contributed by atoms with van der Waals surface area (Å²) in [6.07, 6.45) is 0.641. The van der Waals surface area contributed by atoms with E-state index >= 15 is 0 Å². The quantitative estimate of drug-likeness (QED) is 0.0560. The van der Waals surface area contributed by atoms with Crippen LogP contribution >= 0.6 is 0 Å². The van der Waals surface area contributed by atoms with Crippen LogP contribution in [0.2, 0.25) is 0 Å². The average molecular weight is 646 g/mol. The molecule has 4 aromatic carbocycles. The third kappa shape index (κ3) is 9.78. The van der Waals surface area contributed by atoms with E-state index in [4.69, 9.17) is 14.7 Å². The Morgan fingerprint density at radius 3 is 1.96 bits per heavy atom. The van der Waals surface area contributed by atoms with E-state index in [2.05, 4.69) is 26.6 Å². The minimum Gasteiger partial charge on any atom is -0.508 e. The van der Waals surface area contributed by atoms with Gasteiger partial charge in [-0.25, -0.2) is 0 Å². The first-order chi connectivity index (χ1) is 23.5. The number of aromatic nitrogens is 2. The minimum absolute atomic E-state index is 0.138. The number of ether oxygens (including phenoxy) is 1. The molecule has 5 aromatic rings. The fourth-order valence-corrected chi connectivity index (χ4v) is 4.79. The van der Waals surface area contributed by atoms with Crippen molar-refractivity contribution in [1.82, 2.24) is 20.6 Å². The van der Waals surface area contributed by atoms with Crippen LogP contribution in [0.5, 0.6) is 5.75 Å². The van der Waals surface area contributed by atoms with Gasteiger partial charge in [0.1, 0.15) is 17.4 Å². The van der Waals surface area contributed by atoms with E-state index in [0.717, 1.165) is 16.8 Å². The summed E-state index contributed by atoms with van der Waals surface area (Å²) in [7, 11) is 0. The van der Waals surface area contributed by atoms with Crippen molar-refractivity contribution in [2.75, 3.05) is 42.3 Å². The highest BCUT2D eigenvalue weighted by molar-refractivity contribution is 5.94. The van der Waals surface area contributed by atoms with Gasteiger partial charge in [0.25, 0.3) is 11.8 Å². The number of carbonyl (C=O) groups is 2. The number of rotatable bonds is 16. The van der Waals surface area contributed by atoms with Gasteiger partial charge < -0.3 is 36.4 Å². The van der Waals surface area contributed by atoms with Crippen LogP contribution in [0.3, 0.4) is 0 Å². The lowest BCUT2D eigenvalue weighted by Crippen LogP contribution is -2.27. The van der Waals surface area contributed by atoms with E-state index in [9.17, 15) is 14.7 Å². The molecule has 6 N–H and O–H groups in total. The number of nitrogens with zero attached hydrogens (tertiary/aromatic N) is 2. The molecule has 0 saturated carbocycles. The van der Waals surface area contributed by atoms with Crippen molar-refractivity contribution < 1.29 is 19.4 Å². The van der Waals surface area contributed by atoms with Gasteiger partial charge >= 0.3 is 0 Å². The summed E-state index contributed by atoms with van der Waals surface area (Å²) in [4.78, 5) is 34.4. The first-order valence-electron chi connectivity index (χ1n) is 15.8. The largest absolute Gasteiger partial charge is 0.508 e. The molecule has 0 atom stereocenters. The summed E-state index contributed by atoms with van der Waals surface area (Å²) >= 11 is 0. The first kappa shape index (κ1) is 33.4. The fourth-order valence-electron chi connectivity index (χ4n) is 4.79. The summed E-state index contributed by atoms with van der Waals surface area (Å²) < 4.78 is 5.74. The lowest BCUT2D eigenvalue weighted by Gasteiger charge is -2.17. The average Bonchev–Trinajstić information content (AvgIpc) is 3.12. The second-order valence-corrected chi connectivity index (χ2v) is 10.8. The molecule has 0 unspecified atom stereocenters. The molecule has 0 spiro atoms. The molecule has 48 heavy (non-hydrogen) atoms. The highest BCUT2D eigenvalue weighted by atomic mass is 16.5. The Morgan fingerprint density at radius 1 is 0.667 bits per heavy atom. The van der Waals surface area contributed by atoms with Gasteiger partial charge in [0.15, 0.2) is 0 Å². The number of nitrogens with one attached hydrogen (secondary N) is 5. The van der Waals surface area contributed by atoms with E-state index in [1.165, 1.54) is 0 Å². The Kier molecular flexibility index (Phi) is 11.9. The topological polar surface area (TPSA) is 150 Å². The standard InChI is InChI=1S/C37H39N7O4/c1-2-32-33(38-21-23-48-24-22-39-35(46)27-11-7-4-8-12-27)43-37(44-34(32)41-29-17-19-31(45)20-18-29)42-30-15-13-28(14-16-30)36(47)40-25-26-9-5-3-6-10-26/h3-20,45H,2,21-25H2,1H3,(H,39,46)(H,40,47)(H3,38,41,42,43,44). The zero-order chi connectivity index (χ0) is 33.6. The van der Waals surface area contributed by atoms with Crippen LogP contribution in [0.15, 0.2) is 109 Å². The highest BCUT2D eigenvalue weighted by Crippen LogP contribution is 2.28. The van der Waals surface area contributed by atoms with Crippen LogP contribution in [0.4, 0.5) is 29.0 Å². The third-order valence-corrected chi connectivity index (χ3v) is 7.30. The molecule has 0 bridgehead atoms. The van der Waals surface area contributed by atoms with E-state index in [1.54, 1.807) is 60.7 Å². The van der Waals surface area contributed by atoms with Crippen molar-refractivity contribution in [3.8, 4) is 5.75 Å². The van der Waals surface area contributed by atoms with Crippen molar-refractivity contribution in [1.29, 1.82) is 0 Å². The van der Waals surface area contributed by atoms with Crippen LogP contribution in [-0.2, 0) is 17.7 Å². The molecular weight excluding hydrogens is 606 g/mol. The molecule has 246 valence electrons. The molecule has 0 saturated heterocycles. The molecule has 5 rings (SSSR count). The number of phenols is 1. The van der Waals surface area contributed by atoms with Gasteiger partial charge in [0.2, 0.25) is 5.95 Å². The van der Waals surface area contributed by atoms with Crippen LogP contribution in [-0.4, -0.2) is 53.2 Å². The Balaban J connectivity index is 1.22. The maximum atomic E-state index is 12.7. The van der Waals surface area contributed by atoms with Crippen molar-refractivity contribution in [3.05, 3.63) is 131 Å². The molecule has 1 aromatic heterocycles. The SMILES string of the molecule is CCc1c(NCCOCCNC(=O)c2ccccc2)nc(Nc2ccc(C(=O)NCc3ccccc3)cc2)nc1Nc1ccc(O)cc1. The molecular formula is C37H39N7O4. The highest BCUT2D eigenvalue weighted by Gasteiger charge is 2.15. The lowest BCUT2D eigenvalue weighted by molar-refractivity contribution is 0.0919. The number of aromatic hydroxyl groups is 1. The summed E-state index contributed by atoms with van der Waals surface area (Å²) in [5, 5.41) is 25.5. The summed E-state index contributed by atoms with van der Waals surface area (Å²) in [5.74, 6) is 1.45. The van der Waals surface area contributed by atoms with Gasteiger partial charge in [-0.1, -0.05) is 55.5 Å². The zero-order valence-corrected chi connectivity index (χ0v) is 26.7. The van der Waals surface area contributed by atoms with Crippen molar-refractivity contribution >= 4 is 40.8 Å². The van der Waals surface area contributed by atoms with Gasteiger partial charge in [0.05, 0.1) is 13.2 Å². The predicted octanol–water partition coefficient (Wildman–Crippen LogP) is 6.02. The molecule has 0 aliphatic rings. The van der Waals surface area contributed by atoms with Crippen LogP contribution in [0.1, 0.15) is 38.8 Å². The van der Waals surface area contributed by atoms with Crippen LogP contribution in [0, 0.1) is 0 Å². The van der Waals surface area contributed by atoms with Gasteiger partial charge in [-0.15, -0.1) is 0 Å². The maximum absolute atomic E-state index is 12.7. The number of anilines is 5. The Bertz CT molecular complexity index is 1770. The number of carbonyl (C=O) groups excluding carboxylic acids is 2. The van der Waals surface area contributed by atoms with E-state index in [0.29, 0.717) is 73.7 Å². The number of amides is 2. The second kappa shape index (κ2) is 17.1. The predicted molar refractivity (Wildman–Crippen MR) is 188 cm³/mol. The normalized spacial score (nSPS) is 10.6. The number of hydrogen-bond acceptors (Lipinski definition) is 9. The van der Waals surface area contributed by atoms with Gasteiger partial charge in [-0.05, 0) is 72.6 Å².